The van der Waals surface area contributed by atoms with E-state index in [1.165, 1.54) is 0 Å². The number of hydrogen-bond donors (Lipinski definition) is 0. The van der Waals surface area contributed by atoms with Crippen molar-refractivity contribution in [3.63, 3.8) is 0 Å². The molecule has 0 aromatic heterocycles. The molecule has 0 aliphatic carbocycles. The van der Waals surface area contributed by atoms with E-state index in [9.17, 15) is 4.79 Å². The Hall–Kier alpha value is -0.570. The number of hydrogen-bond acceptors (Lipinski definition) is 2. The summed E-state index contributed by atoms with van der Waals surface area (Å²) >= 11 is 0. The van der Waals surface area contributed by atoms with Crippen molar-refractivity contribution in [2.24, 2.45) is 5.92 Å². The molecule has 0 spiro atoms. The summed E-state index contributed by atoms with van der Waals surface area (Å²) in [7, 11) is 1.89. The molecule has 3 nitrogen and oxygen atoms in total. The fourth-order valence-electron chi connectivity index (χ4n) is 1.55. The Bertz CT molecular complexity index is 164. The first-order valence-corrected chi connectivity index (χ1v) is 5.08. The molecule has 0 aromatic carbocycles. The van der Waals surface area contributed by atoms with E-state index in [0.717, 1.165) is 32.4 Å². The van der Waals surface area contributed by atoms with Gasteiger partial charge in [-0.15, -0.1) is 0 Å². The van der Waals surface area contributed by atoms with Crippen molar-refractivity contribution in [1.82, 2.24) is 4.90 Å². The highest BCUT2D eigenvalue weighted by Gasteiger charge is 2.25. The Balaban J connectivity index is 2.28. The van der Waals surface area contributed by atoms with Crippen molar-refractivity contribution in [3.05, 3.63) is 0 Å². The number of rotatable bonds is 4. The molecule has 0 N–H and O–H groups in total. The van der Waals surface area contributed by atoms with Gasteiger partial charge in [-0.05, 0) is 12.8 Å². The quantitative estimate of drug-likeness (QED) is 0.660. The lowest BCUT2D eigenvalue weighted by atomic mass is 10.1. The van der Waals surface area contributed by atoms with Gasteiger partial charge in [0, 0.05) is 20.2 Å². The maximum absolute atomic E-state index is 11.7. The SMILES string of the molecule is CCCCN(C)C(=O)C1CCOC1. The Morgan fingerprint density at radius 1 is 1.62 bits per heavy atom. The first-order chi connectivity index (χ1) is 6.25. The number of carbonyl (C=O) groups excluding carboxylic acids is 1. The van der Waals surface area contributed by atoms with Gasteiger partial charge < -0.3 is 9.64 Å². The number of amides is 1. The highest BCUT2D eigenvalue weighted by Crippen LogP contribution is 2.14. The highest BCUT2D eigenvalue weighted by molar-refractivity contribution is 5.78. The number of carbonyl (C=O) groups is 1. The average Bonchev–Trinajstić information content (AvgIpc) is 2.65. The third-order valence-corrected chi connectivity index (χ3v) is 2.50. The fourth-order valence-corrected chi connectivity index (χ4v) is 1.55. The highest BCUT2D eigenvalue weighted by atomic mass is 16.5. The Morgan fingerprint density at radius 3 is 2.92 bits per heavy atom. The van der Waals surface area contributed by atoms with Crippen LogP contribution < -0.4 is 0 Å². The van der Waals surface area contributed by atoms with Crippen LogP contribution in [0.4, 0.5) is 0 Å². The maximum atomic E-state index is 11.7. The molecular weight excluding hydrogens is 166 g/mol. The predicted octanol–water partition coefficient (Wildman–Crippen LogP) is 1.28. The van der Waals surface area contributed by atoms with Gasteiger partial charge in [0.1, 0.15) is 0 Å². The molecule has 1 aliphatic heterocycles. The molecule has 0 saturated carbocycles. The van der Waals surface area contributed by atoms with Gasteiger partial charge in [-0.1, -0.05) is 13.3 Å². The summed E-state index contributed by atoms with van der Waals surface area (Å²) < 4.78 is 5.19. The molecule has 1 heterocycles. The van der Waals surface area contributed by atoms with E-state index in [1.807, 2.05) is 11.9 Å². The Labute approximate surface area is 80.1 Å². The summed E-state index contributed by atoms with van der Waals surface area (Å²) in [6.07, 6.45) is 3.13. The molecule has 1 unspecified atom stereocenters. The van der Waals surface area contributed by atoms with Crippen LogP contribution in [0, 0.1) is 5.92 Å². The smallest absolute Gasteiger partial charge is 0.227 e. The van der Waals surface area contributed by atoms with Crippen LogP contribution in [0.5, 0.6) is 0 Å². The van der Waals surface area contributed by atoms with Gasteiger partial charge in [0.05, 0.1) is 12.5 Å². The minimum atomic E-state index is 0.127. The van der Waals surface area contributed by atoms with Gasteiger partial charge in [-0.3, -0.25) is 4.79 Å². The minimum absolute atomic E-state index is 0.127. The number of nitrogens with zero attached hydrogens (tertiary/aromatic N) is 1. The van der Waals surface area contributed by atoms with E-state index < -0.39 is 0 Å². The van der Waals surface area contributed by atoms with E-state index in [2.05, 4.69) is 6.92 Å². The zero-order valence-electron chi connectivity index (χ0n) is 8.58. The first kappa shape index (κ1) is 10.5. The van der Waals surface area contributed by atoms with Crippen LogP contribution in [0.3, 0.4) is 0 Å². The monoisotopic (exact) mass is 185 g/mol. The lowest BCUT2D eigenvalue weighted by Gasteiger charge is -2.19. The van der Waals surface area contributed by atoms with Crippen LogP contribution >= 0.6 is 0 Å². The lowest BCUT2D eigenvalue weighted by Crippen LogP contribution is -2.33. The molecule has 3 heteroatoms. The molecule has 1 fully saturated rings. The topological polar surface area (TPSA) is 29.5 Å². The molecule has 1 atom stereocenters. The molecular formula is C10H19NO2. The summed E-state index contributed by atoms with van der Waals surface area (Å²) in [5.74, 6) is 0.382. The van der Waals surface area contributed by atoms with Crippen LogP contribution in [-0.4, -0.2) is 37.6 Å². The van der Waals surface area contributed by atoms with Crippen molar-refractivity contribution in [2.45, 2.75) is 26.2 Å². The lowest BCUT2D eigenvalue weighted by molar-refractivity contribution is -0.134. The second kappa shape index (κ2) is 5.22. The molecule has 1 saturated heterocycles. The normalized spacial score (nSPS) is 21.8. The first-order valence-electron chi connectivity index (χ1n) is 5.08. The van der Waals surface area contributed by atoms with Crippen molar-refractivity contribution < 1.29 is 9.53 Å². The van der Waals surface area contributed by atoms with E-state index in [0.29, 0.717) is 6.61 Å². The van der Waals surface area contributed by atoms with Crippen LogP contribution in [0.15, 0.2) is 0 Å². The summed E-state index contributed by atoms with van der Waals surface area (Å²) in [4.78, 5) is 13.5. The Morgan fingerprint density at radius 2 is 2.38 bits per heavy atom. The summed E-state index contributed by atoms with van der Waals surface area (Å²) in [5.41, 5.74) is 0. The van der Waals surface area contributed by atoms with E-state index >= 15 is 0 Å². The molecule has 0 radical (unpaired) electrons. The molecule has 0 bridgehead atoms. The van der Waals surface area contributed by atoms with Gasteiger partial charge in [0.15, 0.2) is 0 Å². The summed E-state index contributed by atoms with van der Waals surface area (Å²) in [6.45, 7) is 4.39. The van der Waals surface area contributed by atoms with Gasteiger partial charge in [-0.2, -0.15) is 0 Å². The molecule has 0 aromatic rings. The molecule has 13 heavy (non-hydrogen) atoms. The van der Waals surface area contributed by atoms with Crippen LogP contribution in [0.25, 0.3) is 0 Å². The standard InChI is InChI=1S/C10H19NO2/c1-3-4-6-11(2)10(12)9-5-7-13-8-9/h9H,3-8H2,1-2H3. The zero-order valence-corrected chi connectivity index (χ0v) is 8.58. The number of ether oxygens (including phenoxy) is 1. The molecule has 1 amide bonds. The van der Waals surface area contributed by atoms with Gasteiger partial charge in [0.25, 0.3) is 0 Å². The molecule has 1 rings (SSSR count). The van der Waals surface area contributed by atoms with Crippen molar-refractivity contribution in [3.8, 4) is 0 Å². The second-order valence-corrected chi connectivity index (χ2v) is 3.67. The predicted molar refractivity (Wildman–Crippen MR) is 51.5 cm³/mol. The fraction of sp³-hybridized carbons (Fsp3) is 0.900. The van der Waals surface area contributed by atoms with E-state index in [4.69, 9.17) is 4.74 Å². The Kier molecular flexibility index (Phi) is 4.22. The van der Waals surface area contributed by atoms with Crippen LogP contribution in [0.2, 0.25) is 0 Å². The largest absolute Gasteiger partial charge is 0.381 e. The summed E-state index contributed by atoms with van der Waals surface area (Å²) in [6, 6.07) is 0. The van der Waals surface area contributed by atoms with Crippen molar-refractivity contribution in [1.29, 1.82) is 0 Å². The number of unbranched alkanes of at least 4 members (excludes halogenated alkanes) is 1. The second-order valence-electron chi connectivity index (χ2n) is 3.67. The van der Waals surface area contributed by atoms with Gasteiger partial charge >= 0.3 is 0 Å². The van der Waals surface area contributed by atoms with Crippen LogP contribution in [0.1, 0.15) is 26.2 Å². The zero-order chi connectivity index (χ0) is 9.68. The van der Waals surface area contributed by atoms with E-state index in [-0.39, 0.29) is 11.8 Å². The maximum Gasteiger partial charge on any atom is 0.227 e. The third kappa shape index (κ3) is 2.99. The molecule has 76 valence electrons. The van der Waals surface area contributed by atoms with Crippen LogP contribution in [-0.2, 0) is 9.53 Å². The van der Waals surface area contributed by atoms with Crippen molar-refractivity contribution in [2.75, 3.05) is 26.8 Å². The molecule has 1 aliphatic rings. The minimum Gasteiger partial charge on any atom is -0.381 e. The van der Waals surface area contributed by atoms with Gasteiger partial charge in [0.2, 0.25) is 5.91 Å². The van der Waals surface area contributed by atoms with E-state index in [1.54, 1.807) is 0 Å². The van der Waals surface area contributed by atoms with Gasteiger partial charge in [-0.25, -0.2) is 0 Å². The average molecular weight is 185 g/mol. The van der Waals surface area contributed by atoms with Crippen molar-refractivity contribution >= 4 is 5.91 Å². The summed E-state index contributed by atoms with van der Waals surface area (Å²) in [5, 5.41) is 0. The third-order valence-electron chi connectivity index (χ3n) is 2.50.